The number of benzene rings is 1. The van der Waals surface area contributed by atoms with Gasteiger partial charge in [0.1, 0.15) is 6.54 Å². The van der Waals surface area contributed by atoms with Gasteiger partial charge in [-0.15, -0.1) is 35.7 Å². The maximum atomic E-state index is 12.1. The molecule has 1 saturated carbocycles. The van der Waals surface area contributed by atoms with E-state index >= 15 is 0 Å². The topological polar surface area (TPSA) is 77.0 Å². The first-order chi connectivity index (χ1) is 14.0. The number of guanidine groups is 1. The number of halogens is 1. The molecule has 1 aliphatic carbocycles. The summed E-state index contributed by atoms with van der Waals surface area (Å²) in [5.41, 5.74) is 0. The van der Waals surface area contributed by atoms with Crippen LogP contribution in [0.1, 0.15) is 19.3 Å². The van der Waals surface area contributed by atoms with Crippen molar-refractivity contribution in [1.29, 1.82) is 0 Å². The number of amides is 2. The van der Waals surface area contributed by atoms with Gasteiger partial charge < -0.3 is 20.4 Å². The van der Waals surface area contributed by atoms with Crippen LogP contribution in [-0.4, -0.2) is 79.6 Å². The van der Waals surface area contributed by atoms with Crippen molar-refractivity contribution in [2.45, 2.75) is 30.2 Å². The molecule has 2 N–H and O–H groups in total. The van der Waals surface area contributed by atoms with Gasteiger partial charge in [0.15, 0.2) is 5.96 Å². The second-order valence-corrected chi connectivity index (χ2v) is 8.94. The molecule has 1 saturated heterocycles. The summed E-state index contributed by atoms with van der Waals surface area (Å²) in [4.78, 5) is 33.3. The van der Waals surface area contributed by atoms with E-state index in [1.807, 2.05) is 23.1 Å². The third-order valence-electron chi connectivity index (χ3n) is 5.06. The number of nitrogens with one attached hydrogen (secondary N) is 2. The third kappa shape index (κ3) is 7.98. The highest BCUT2D eigenvalue weighted by atomic mass is 127. The highest BCUT2D eigenvalue weighted by Crippen LogP contribution is 2.32. The molecule has 1 heterocycles. The summed E-state index contributed by atoms with van der Waals surface area (Å²) < 4.78 is 0. The first-order valence-electron chi connectivity index (χ1n) is 10.2. The van der Waals surface area contributed by atoms with Crippen molar-refractivity contribution in [1.82, 2.24) is 20.4 Å². The quantitative estimate of drug-likeness (QED) is 0.163. The van der Waals surface area contributed by atoms with Gasteiger partial charge in [-0.2, -0.15) is 0 Å². The van der Waals surface area contributed by atoms with E-state index in [0.29, 0.717) is 30.9 Å². The van der Waals surface area contributed by atoms with E-state index in [2.05, 4.69) is 27.8 Å². The van der Waals surface area contributed by atoms with Gasteiger partial charge in [-0.1, -0.05) is 18.2 Å². The molecule has 1 aromatic carbocycles. The summed E-state index contributed by atoms with van der Waals surface area (Å²) in [6.07, 6.45) is 2.88. The van der Waals surface area contributed by atoms with E-state index in [4.69, 9.17) is 0 Å². The van der Waals surface area contributed by atoms with Crippen LogP contribution in [0.4, 0.5) is 0 Å². The Morgan fingerprint density at radius 3 is 2.63 bits per heavy atom. The van der Waals surface area contributed by atoms with Crippen LogP contribution in [0.15, 0.2) is 40.2 Å². The monoisotopic (exact) mass is 545 g/mol. The van der Waals surface area contributed by atoms with Gasteiger partial charge in [-0.05, 0) is 25.0 Å². The molecule has 0 spiro atoms. The largest absolute Gasteiger partial charge is 0.356 e. The first-order valence-corrected chi connectivity index (χ1v) is 11.2. The number of aliphatic imine (C=N–C) groups is 1. The maximum Gasteiger partial charge on any atom is 0.243 e. The van der Waals surface area contributed by atoms with Crippen LogP contribution in [0, 0.1) is 5.92 Å². The van der Waals surface area contributed by atoms with Gasteiger partial charge in [0, 0.05) is 62.8 Å². The number of nitrogens with zero attached hydrogens (tertiary/aromatic N) is 3. The number of carbonyl (C=O) groups excluding carboxylic acids is 2. The van der Waals surface area contributed by atoms with Gasteiger partial charge in [-0.25, -0.2) is 4.99 Å². The molecule has 2 fully saturated rings. The molecule has 1 unspecified atom stereocenters. The lowest BCUT2D eigenvalue weighted by atomic mass is 10.1. The van der Waals surface area contributed by atoms with Crippen LogP contribution in [0.2, 0.25) is 0 Å². The van der Waals surface area contributed by atoms with E-state index in [1.54, 1.807) is 25.9 Å². The number of thioether (sulfide) groups is 1. The molecule has 1 aromatic rings. The summed E-state index contributed by atoms with van der Waals surface area (Å²) in [5.74, 6) is 2.04. The number of likely N-dealkylation sites (tertiary alicyclic amines) is 1. The Morgan fingerprint density at radius 2 is 1.97 bits per heavy atom. The van der Waals surface area contributed by atoms with Gasteiger partial charge in [0.25, 0.3) is 0 Å². The third-order valence-corrected chi connectivity index (χ3v) is 6.08. The average Bonchev–Trinajstić information content (AvgIpc) is 3.49. The SMILES string of the molecule is CN(C)C(=O)CN=C(NCCSc1ccccc1)NCC1CC(=O)N(C2CC2)C1.I. The van der Waals surface area contributed by atoms with Crippen LogP contribution in [0.25, 0.3) is 0 Å². The van der Waals surface area contributed by atoms with E-state index < -0.39 is 0 Å². The van der Waals surface area contributed by atoms with Crippen LogP contribution >= 0.6 is 35.7 Å². The van der Waals surface area contributed by atoms with Crippen molar-refractivity contribution in [2.24, 2.45) is 10.9 Å². The van der Waals surface area contributed by atoms with Crippen LogP contribution in [-0.2, 0) is 9.59 Å². The van der Waals surface area contributed by atoms with Crippen LogP contribution in [0.3, 0.4) is 0 Å². The lowest BCUT2D eigenvalue weighted by Crippen LogP contribution is -2.42. The Hall–Kier alpha value is -1.49. The molecule has 9 heteroatoms. The normalized spacial score (nSPS) is 18.7. The van der Waals surface area contributed by atoms with Gasteiger partial charge in [0.2, 0.25) is 11.8 Å². The maximum absolute atomic E-state index is 12.1. The standard InChI is InChI=1S/C21H31N5O2S.HI/c1-25(2)20(28)14-24-21(22-10-11-29-18-6-4-3-5-7-18)23-13-16-12-19(27)26(15-16)17-8-9-17;/h3-7,16-17H,8-15H2,1-2H3,(H2,22,23,24);1H. The predicted octanol–water partition coefficient (Wildman–Crippen LogP) is 2.03. The van der Waals surface area contributed by atoms with Crippen molar-refractivity contribution >= 4 is 53.5 Å². The zero-order chi connectivity index (χ0) is 20.6. The summed E-state index contributed by atoms with van der Waals surface area (Å²) >= 11 is 1.77. The molecule has 0 bridgehead atoms. The van der Waals surface area contributed by atoms with E-state index in [1.165, 1.54) is 9.80 Å². The molecule has 1 atom stereocenters. The summed E-state index contributed by atoms with van der Waals surface area (Å²) in [6, 6.07) is 10.7. The minimum Gasteiger partial charge on any atom is -0.356 e. The molecule has 2 amide bonds. The molecular weight excluding hydrogens is 513 g/mol. The molecular formula is C21H32IN5O2S. The molecule has 0 aromatic heterocycles. The average molecular weight is 545 g/mol. The Morgan fingerprint density at radius 1 is 1.23 bits per heavy atom. The fraction of sp³-hybridized carbons (Fsp3) is 0.571. The highest BCUT2D eigenvalue weighted by molar-refractivity contribution is 14.0. The molecule has 7 nitrogen and oxygen atoms in total. The Balaban J connectivity index is 0.00000320. The van der Waals surface area contributed by atoms with Crippen molar-refractivity contribution in [3.63, 3.8) is 0 Å². The summed E-state index contributed by atoms with van der Waals surface area (Å²) in [7, 11) is 3.46. The van der Waals surface area contributed by atoms with Crippen molar-refractivity contribution < 1.29 is 9.59 Å². The first kappa shape index (κ1) is 24.8. The summed E-state index contributed by atoms with van der Waals surface area (Å²) in [6.45, 7) is 2.35. The number of rotatable bonds is 9. The van der Waals surface area contributed by atoms with Crippen molar-refractivity contribution in [3.8, 4) is 0 Å². The molecule has 2 aliphatic rings. The Labute approximate surface area is 200 Å². The molecule has 166 valence electrons. The second-order valence-electron chi connectivity index (χ2n) is 7.77. The lowest BCUT2D eigenvalue weighted by Gasteiger charge is -2.17. The zero-order valence-electron chi connectivity index (χ0n) is 17.7. The lowest BCUT2D eigenvalue weighted by molar-refractivity contribution is -0.128. The molecule has 1 aliphatic heterocycles. The number of hydrogen-bond donors (Lipinski definition) is 2. The minimum atomic E-state index is -0.0410. The van der Waals surface area contributed by atoms with Crippen LogP contribution in [0.5, 0.6) is 0 Å². The van der Waals surface area contributed by atoms with E-state index in [9.17, 15) is 9.59 Å². The molecule has 0 radical (unpaired) electrons. The fourth-order valence-electron chi connectivity index (χ4n) is 3.24. The number of likely N-dealkylation sites (N-methyl/N-ethyl adjacent to an activating group) is 1. The molecule has 3 rings (SSSR count). The zero-order valence-corrected chi connectivity index (χ0v) is 20.8. The fourth-order valence-corrected chi connectivity index (χ4v) is 4.03. The van der Waals surface area contributed by atoms with Gasteiger partial charge >= 0.3 is 0 Å². The Bertz CT molecular complexity index is 727. The van der Waals surface area contributed by atoms with E-state index in [-0.39, 0.29) is 42.3 Å². The smallest absolute Gasteiger partial charge is 0.243 e. The van der Waals surface area contributed by atoms with Crippen molar-refractivity contribution in [3.05, 3.63) is 30.3 Å². The highest BCUT2D eigenvalue weighted by Gasteiger charge is 2.39. The minimum absolute atomic E-state index is 0. The van der Waals surface area contributed by atoms with Crippen molar-refractivity contribution in [2.75, 3.05) is 46.0 Å². The molecule has 30 heavy (non-hydrogen) atoms. The van der Waals surface area contributed by atoms with Gasteiger partial charge in [0.05, 0.1) is 0 Å². The van der Waals surface area contributed by atoms with Gasteiger partial charge in [-0.3, -0.25) is 9.59 Å². The van der Waals surface area contributed by atoms with E-state index in [0.717, 1.165) is 31.7 Å². The predicted molar refractivity (Wildman–Crippen MR) is 132 cm³/mol. The Kier molecular flexibility index (Phi) is 10.2. The number of hydrogen-bond acceptors (Lipinski definition) is 4. The second kappa shape index (κ2) is 12.4. The number of carbonyl (C=O) groups is 2. The summed E-state index contributed by atoms with van der Waals surface area (Å²) in [5, 5.41) is 6.65. The van der Waals surface area contributed by atoms with Crippen LogP contribution < -0.4 is 10.6 Å².